The van der Waals surface area contributed by atoms with Crippen LogP contribution in [0.1, 0.15) is 43.5 Å². The van der Waals surface area contributed by atoms with Gasteiger partial charge in [-0.2, -0.15) is 0 Å². The smallest absolute Gasteiger partial charge is 0.164 e. The fourth-order valence-corrected chi connectivity index (χ4v) is 2.82. The minimum Gasteiger partial charge on any atom is -0.371 e. The summed E-state index contributed by atoms with van der Waals surface area (Å²) in [6.45, 7) is 5.49. The van der Waals surface area contributed by atoms with Crippen LogP contribution >= 0.6 is 0 Å². The molecule has 2 rings (SSSR count). The summed E-state index contributed by atoms with van der Waals surface area (Å²) in [5.74, 6) is 0.0825. The monoisotopic (exact) mass is 249 g/mol. The fourth-order valence-electron chi connectivity index (χ4n) is 2.82. The molecule has 1 atom stereocenters. The van der Waals surface area contributed by atoms with Crippen LogP contribution in [0.15, 0.2) is 18.2 Å². The molecule has 18 heavy (non-hydrogen) atoms. The summed E-state index contributed by atoms with van der Waals surface area (Å²) in [5, 5.41) is 0. The average molecular weight is 249 g/mol. The third-order valence-corrected chi connectivity index (χ3v) is 3.67. The summed E-state index contributed by atoms with van der Waals surface area (Å²) in [7, 11) is 0. The quantitative estimate of drug-likeness (QED) is 0.759. The Morgan fingerprint density at radius 1 is 1.50 bits per heavy atom. The van der Waals surface area contributed by atoms with Gasteiger partial charge in [-0.05, 0) is 37.8 Å². The molecule has 0 saturated carbocycles. The lowest BCUT2D eigenvalue weighted by atomic mass is 10.0. The second kappa shape index (κ2) is 5.51. The first-order valence-corrected chi connectivity index (χ1v) is 6.68. The van der Waals surface area contributed by atoms with E-state index in [0.717, 1.165) is 25.2 Å². The molecular weight excluding hydrogens is 229 g/mol. The largest absolute Gasteiger partial charge is 0.371 e. The van der Waals surface area contributed by atoms with Crippen molar-refractivity contribution in [2.75, 3.05) is 18.0 Å². The SMILES string of the molecule is CCCC1CCN(c2cccc(F)c2C(C)=O)C1. The Hall–Kier alpha value is -1.38. The molecule has 0 radical (unpaired) electrons. The molecule has 1 heterocycles. The highest BCUT2D eigenvalue weighted by molar-refractivity contribution is 6.00. The van der Waals surface area contributed by atoms with Gasteiger partial charge in [-0.15, -0.1) is 0 Å². The molecule has 2 nitrogen and oxygen atoms in total. The van der Waals surface area contributed by atoms with Crippen LogP contribution in [0.2, 0.25) is 0 Å². The summed E-state index contributed by atoms with van der Waals surface area (Å²) < 4.78 is 13.8. The molecule has 0 aromatic heterocycles. The number of halogens is 1. The molecule has 98 valence electrons. The minimum absolute atomic E-state index is 0.193. The first kappa shape index (κ1) is 13.1. The van der Waals surface area contributed by atoms with Gasteiger partial charge in [0.1, 0.15) is 5.82 Å². The van der Waals surface area contributed by atoms with Gasteiger partial charge in [0.2, 0.25) is 0 Å². The maximum atomic E-state index is 13.8. The van der Waals surface area contributed by atoms with Crippen LogP contribution in [0.4, 0.5) is 10.1 Å². The van der Waals surface area contributed by atoms with E-state index in [9.17, 15) is 9.18 Å². The Morgan fingerprint density at radius 2 is 2.28 bits per heavy atom. The van der Waals surface area contributed by atoms with E-state index in [1.165, 1.54) is 25.8 Å². The molecule has 3 heteroatoms. The zero-order valence-corrected chi connectivity index (χ0v) is 11.1. The molecule has 0 aliphatic carbocycles. The van der Waals surface area contributed by atoms with Crippen molar-refractivity contribution in [2.45, 2.75) is 33.1 Å². The van der Waals surface area contributed by atoms with Crippen molar-refractivity contribution in [1.29, 1.82) is 0 Å². The van der Waals surface area contributed by atoms with E-state index in [-0.39, 0.29) is 11.3 Å². The molecule has 1 aliphatic rings. The zero-order valence-electron chi connectivity index (χ0n) is 11.1. The number of Topliss-reactive ketones (excluding diaryl/α,β-unsaturated/α-hetero) is 1. The molecule has 0 amide bonds. The number of hydrogen-bond acceptors (Lipinski definition) is 2. The fraction of sp³-hybridized carbons (Fsp3) is 0.533. The molecule has 1 aromatic carbocycles. The van der Waals surface area contributed by atoms with Gasteiger partial charge in [0.05, 0.1) is 11.3 Å². The van der Waals surface area contributed by atoms with Crippen molar-refractivity contribution in [3.05, 3.63) is 29.6 Å². The van der Waals surface area contributed by atoms with Crippen molar-refractivity contribution in [1.82, 2.24) is 0 Å². The predicted molar refractivity (Wildman–Crippen MR) is 71.6 cm³/mol. The summed E-state index contributed by atoms with van der Waals surface area (Å²) in [4.78, 5) is 13.7. The van der Waals surface area contributed by atoms with E-state index >= 15 is 0 Å². The number of carbonyl (C=O) groups is 1. The van der Waals surface area contributed by atoms with Crippen molar-refractivity contribution < 1.29 is 9.18 Å². The normalized spacial score (nSPS) is 19.3. The standard InChI is InChI=1S/C15H20FNO/c1-3-5-12-8-9-17(10-12)14-7-4-6-13(16)15(14)11(2)18/h4,6-7,12H,3,5,8-10H2,1-2H3. The van der Waals surface area contributed by atoms with E-state index in [2.05, 4.69) is 11.8 Å². The molecule has 1 unspecified atom stereocenters. The number of carbonyl (C=O) groups excluding carboxylic acids is 1. The minimum atomic E-state index is -0.404. The summed E-state index contributed by atoms with van der Waals surface area (Å²) in [6.07, 6.45) is 3.53. The van der Waals surface area contributed by atoms with Crippen LogP contribution < -0.4 is 4.90 Å². The molecule has 0 bridgehead atoms. The lowest BCUT2D eigenvalue weighted by molar-refractivity contribution is 0.101. The molecule has 1 fully saturated rings. The molecule has 1 aromatic rings. The average Bonchev–Trinajstić information content (AvgIpc) is 2.77. The number of anilines is 1. The summed E-state index contributed by atoms with van der Waals surface area (Å²) >= 11 is 0. The Bertz CT molecular complexity index is 444. The van der Waals surface area contributed by atoms with Gasteiger partial charge in [-0.3, -0.25) is 4.79 Å². The Labute approximate surface area is 108 Å². The van der Waals surface area contributed by atoms with E-state index in [0.29, 0.717) is 5.92 Å². The van der Waals surface area contributed by atoms with Gasteiger partial charge in [0.25, 0.3) is 0 Å². The highest BCUT2D eigenvalue weighted by atomic mass is 19.1. The number of hydrogen-bond donors (Lipinski definition) is 0. The van der Waals surface area contributed by atoms with Crippen LogP contribution in [0.3, 0.4) is 0 Å². The summed E-state index contributed by atoms with van der Waals surface area (Å²) in [6, 6.07) is 4.90. The number of rotatable bonds is 4. The highest BCUT2D eigenvalue weighted by Gasteiger charge is 2.25. The van der Waals surface area contributed by atoms with Gasteiger partial charge in [-0.1, -0.05) is 19.4 Å². The third kappa shape index (κ3) is 2.55. The van der Waals surface area contributed by atoms with Crippen molar-refractivity contribution in [2.24, 2.45) is 5.92 Å². The van der Waals surface area contributed by atoms with Crippen LogP contribution in [0.5, 0.6) is 0 Å². The van der Waals surface area contributed by atoms with Crippen molar-refractivity contribution >= 4 is 11.5 Å². The van der Waals surface area contributed by atoms with Crippen LogP contribution in [0, 0.1) is 11.7 Å². The zero-order chi connectivity index (χ0) is 13.1. The van der Waals surface area contributed by atoms with Gasteiger partial charge in [-0.25, -0.2) is 4.39 Å². The van der Waals surface area contributed by atoms with Gasteiger partial charge in [0.15, 0.2) is 5.78 Å². The molecule has 0 N–H and O–H groups in total. The molecule has 0 spiro atoms. The van der Waals surface area contributed by atoms with Gasteiger partial charge in [0, 0.05) is 13.1 Å². The van der Waals surface area contributed by atoms with E-state index in [4.69, 9.17) is 0 Å². The molecule has 1 aliphatic heterocycles. The third-order valence-electron chi connectivity index (χ3n) is 3.67. The lowest BCUT2D eigenvalue weighted by Crippen LogP contribution is -2.22. The second-order valence-corrected chi connectivity index (χ2v) is 5.08. The molecule has 1 saturated heterocycles. The van der Waals surface area contributed by atoms with Gasteiger partial charge >= 0.3 is 0 Å². The number of benzene rings is 1. The highest BCUT2D eigenvalue weighted by Crippen LogP contribution is 2.30. The first-order valence-electron chi connectivity index (χ1n) is 6.68. The number of nitrogens with zero attached hydrogens (tertiary/aromatic N) is 1. The molecular formula is C15H20FNO. The Balaban J connectivity index is 2.24. The number of ketones is 1. The summed E-state index contributed by atoms with van der Waals surface area (Å²) in [5.41, 5.74) is 1.01. The lowest BCUT2D eigenvalue weighted by Gasteiger charge is -2.21. The van der Waals surface area contributed by atoms with E-state index in [1.807, 2.05) is 6.07 Å². The Morgan fingerprint density at radius 3 is 2.94 bits per heavy atom. The van der Waals surface area contributed by atoms with Crippen LogP contribution in [-0.4, -0.2) is 18.9 Å². The Kier molecular flexibility index (Phi) is 4.00. The predicted octanol–water partition coefficient (Wildman–Crippen LogP) is 3.65. The first-order chi connectivity index (χ1) is 8.63. The topological polar surface area (TPSA) is 20.3 Å². The van der Waals surface area contributed by atoms with E-state index in [1.54, 1.807) is 6.07 Å². The van der Waals surface area contributed by atoms with Crippen LogP contribution in [0.25, 0.3) is 0 Å². The van der Waals surface area contributed by atoms with Crippen molar-refractivity contribution in [3.63, 3.8) is 0 Å². The maximum absolute atomic E-state index is 13.8. The second-order valence-electron chi connectivity index (χ2n) is 5.08. The van der Waals surface area contributed by atoms with E-state index < -0.39 is 5.82 Å². The van der Waals surface area contributed by atoms with Crippen molar-refractivity contribution in [3.8, 4) is 0 Å². The van der Waals surface area contributed by atoms with Gasteiger partial charge < -0.3 is 4.90 Å². The van der Waals surface area contributed by atoms with Crippen LogP contribution in [-0.2, 0) is 0 Å². The maximum Gasteiger partial charge on any atom is 0.164 e.